The van der Waals surface area contributed by atoms with Gasteiger partial charge in [-0.1, -0.05) is 34.1 Å². The van der Waals surface area contributed by atoms with Crippen LogP contribution in [-0.2, 0) is 13.2 Å². The summed E-state index contributed by atoms with van der Waals surface area (Å²) in [5.41, 5.74) is 1.11. The number of aliphatic hydroxyl groups excluding tert-OH is 1. The van der Waals surface area contributed by atoms with E-state index in [0.717, 1.165) is 4.47 Å². The highest BCUT2D eigenvalue weighted by molar-refractivity contribution is 9.11. The molecule has 0 heterocycles. The highest BCUT2D eigenvalue weighted by atomic mass is 79.9. The molecule has 0 aliphatic carbocycles. The summed E-state index contributed by atoms with van der Waals surface area (Å²) in [6.07, 6.45) is 0. The fraction of sp³-hybridized carbons (Fsp3) is 0.143. The molecule has 2 aromatic carbocycles. The van der Waals surface area contributed by atoms with Gasteiger partial charge in [0.05, 0.1) is 11.1 Å². The summed E-state index contributed by atoms with van der Waals surface area (Å²) in [6, 6.07) is 10.0. The van der Waals surface area contributed by atoms with E-state index in [4.69, 9.17) is 4.74 Å². The molecule has 0 spiro atoms. The lowest BCUT2D eigenvalue weighted by Crippen LogP contribution is -2.01. The van der Waals surface area contributed by atoms with E-state index in [1.165, 1.54) is 6.07 Å². The molecule has 0 unspecified atom stereocenters. The van der Waals surface area contributed by atoms with Crippen LogP contribution in [0.15, 0.2) is 45.3 Å². The molecule has 0 atom stereocenters. The molecule has 2 nitrogen and oxygen atoms in total. The van der Waals surface area contributed by atoms with Crippen molar-refractivity contribution in [2.24, 2.45) is 0 Å². The van der Waals surface area contributed by atoms with Crippen LogP contribution >= 0.6 is 31.9 Å². The fourth-order valence-electron chi connectivity index (χ4n) is 1.66. The molecule has 0 fully saturated rings. The monoisotopic (exact) mass is 388 g/mol. The van der Waals surface area contributed by atoms with Gasteiger partial charge >= 0.3 is 0 Å². The van der Waals surface area contributed by atoms with Crippen molar-refractivity contribution in [1.82, 2.24) is 0 Å². The lowest BCUT2D eigenvalue weighted by atomic mass is 10.2. The van der Waals surface area contributed by atoms with Gasteiger partial charge in [-0.15, -0.1) is 0 Å². The summed E-state index contributed by atoms with van der Waals surface area (Å²) in [6.45, 7) is -0.0372. The second kappa shape index (κ2) is 6.50. The average Bonchev–Trinajstić information content (AvgIpc) is 2.38. The largest absolute Gasteiger partial charge is 0.487 e. The van der Waals surface area contributed by atoms with Crippen LogP contribution < -0.4 is 4.74 Å². The highest BCUT2D eigenvalue weighted by Crippen LogP contribution is 2.33. The molecule has 0 aliphatic heterocycles. The van der Waals surface area contributed by atoms with Crippen molar-refractivity contribution in [3.63, 3.8) is 0 Å². The minimum atomic E-state index is -0.304. The minimum Gasteiger partial charge on any atom is -0.487 e. The number of halogens is 3. The van der Waals surface area contributed by atoms with Crippen molar-refractivity contribution >= 4 is 31.9 Å². The third kappa shape index (κ3) is 3.55. The number of aliphatic hydroxyl groups is 1. The van der Waals surface area contributed by atoms with Crippen LogP contribution in [0.25, 0.3) is 0 Å². The van der Waals surface area contributed by atoms with Crippen LogP contribution in [0.5, 0.6) is 5.75 Å². The molecule has 0 bridgehead atoms. The number of ether oxygens (including phenoxy) is 1. The maximum absolute atomic E-state index is 13.5. The van der Waals surface area contributed by atoms with Gasteiger partial charge in [0.2, 0.25) is 0 Å². The molecular weight excluding hydrogens is 379 g/mol. The van der Waals surface area contributed by atoms with Crippen molar-refractivity contribution in [3.05, 3.63) is 62.3 Å². The average molecular weight is 390 g/mol. The lowest BCUT2D eigenvalue weighted by Gasteiger charge is -2.13. The minimum absolute atomic E-state index is 0.111. The van der Waals surface area contributed by atoms with Gasteiger partial charge in [-0.25, -0.2) is 4.39 Å². The van der Waals surface area contributed by atoms with Gasteiger partial charge in [-0.05, 0) is 34.1 Å². The number of rotatable bonds is 4. The number of hydrogen-bond donors (Lipinski definition) is 1. The predicted octanol–water partition coefficient (Wildman–Crippen LogP) is 4.42. The van der Waals surface area contributed by atoms with E-state index in [-0.39, 0.29) is 19.0 Å². The van der Waals surface area contributed by atoms with Crippen LogP contribution in [0.3, 0.4) is 0 Å². The molecular formula is C14H11Br2FO2. The zero-order valence-corrected chi connectivity index (χ0v) is 13.0. The van der Waals surface area contributed by atoms with Crippen molar-refractivity contribution in [1.29, 1.82) is 0 Å². The zero-order valence-electron chi connectivity index (χ0n) is 9.87. The molecule has 0 aliphatic rings. The second-order valence-electron chi connectivity index (χ2n) is 3.91. The predicted molar refractivity (Wildman–Crippen MR) is 78.5 cm³/mol. The number of benzene rings is 2. The standard InChI is InChI=1S/C14H11Br2FO2/c15-11-5-10(7-18)14(12(16)6-11)19-8-9-3-1-2-4-13(9)17/h1-6,18H,7-8H2. The zero-order chi connectivity index (χ0) is 13.8. The van der Waals surface area contributed by atoms with Crippen molar-refractivity contribution < 1.29 is 14.2 Å². The Labute approximate surface area is 127 Å². The normalized spacial score (nSPS) is 10.5. The van der Waals surface area contributed by atoms with Crippen LogP contribution in [0.1, 0.15) is 11.1 Å². The molecule has 0 saturated carbocycles. The lowest BCUT2D eigenvalue weighted by molar-refractivity contribution is 0.256. The molecule has 0 aromatic heterocycles. The van der Waals surface area contributed by atoms with Gasteiger partial charge < -0.3 is 9.84 Å². The van der Waals surface area contributed by atoms with E-state index in [2.05, 4.69) is 31.9 Å². The first kappa shape index (κ1) is 14.5. The SMILES string of the molecule is OCc1cc(Br)cc(Br)c1OCc1ccccc1F. The smallest absolute Gasteiger partial charge is 0.139 e. The Hall–Kier alpha value is -0.910. The molecule has 0 saturated heterocycles. The second-order valence-corrected chi connectivity index (χ2v) is 5.68. The first-order valence-electron chi connectivity index (χ1n) is 5.57. The molecule has 1 N–H and O–H groups in total. The summed E-state index contributed by atoms with van der Waals surface area (Å²) >= 11 is 6.71. The summed E-state index contributed by atoms with van der Waals surface area (Å²) in [4.78, 5) is 0. The van der Waals surface area contributed by atoms with Crippen LogP contribution in [0, 0.1) is 5.82 Å². The molecule has 5 heteroatoms. The van der Waals surface area contributed by atoms with Crippen molar-refractivity contribution in [2.45, 2.75) is 13.2 Å². The maximum atomic E-state index is 13.5. The Morgan fingerprint density at radius 3 is 2.53 bits per heavy atom. The van der Waals surface area contributed by atoms with E-state index in [1.807, 2.05) is 6.07 Å². The van der Waals surface area contributed by atoms with E-state index in [0.29, 0.717) is 21.3 Å². The summed E-state index contributed by atoms with van der Waals surface area (Å²) < 4.78 is 20.6. The van der Waals surface area contributed by atoms with Gasteiger partial charge in [0.25, 0.3) is 0 Å². The first-order valence-corrected chi connectivity index (χ1v) is 7.15. The van der Waals surface area contributed by atoms with Crippen LogP contribution in [0.4, 0.5) is 4.39 Å². The van der Waals surface area contributed by atoms with Crippen LogP contribution in [-0.4, -0.2) is 5.11 Å². The van der Waals surface area contributed by atoms with E-state index in [1.54, 1.807) is 24.3 Å². The Morgan fingerprint density at radius 1 is 1.11 bits per heavy atom. The first-order chi connectivity index (χ1) is 9.11. The van der Waals surface area contributed by atoms with Crippen molar-refractivity contribution in [2.75, 3.05) is 0 Å². The van der Waals surface area contributed by atoms with Crippen molar-refractivity contribution in [3.8, 4) is 5.75 Å². The molecule has 2 rings (SSSR count). The Bertz CT molecular complexity index is 588. The van der Waals surface area contributed by atoms with E-state index >= 15 is 0 Å². The highest BCUT2D eigenvalue weighted by Gasteiger charge is 2.11. The fourth-order valence-corrected chi connectivity index (χ4v) is 3.09. The summed E-state index contributed by atoms with van der Waals surface area (Å²) in [5.74, 6) is 0.218. The third-order valence-corrected chi connectivity index (χ3v) is 3.63. The molecule has 19 heavy (non-hydrogen) atoms. The van der Waals surface area contributed by atoms with E-state index < -0.39 is 0 Å². The quantitative estimate of drug-likeness (QED) is 0.838. The maximum Gasteiger partial charge on any atom is 0.139 e. The molecule has 0 amide bonds. The topological polar surface area (TPSA) is 29.5 Å². The van der Waals surface area contributed by atoms with Gasteiger partial charge in [-0.3, -0.25) is 0 Å². The molecule has 2 aromatic rings. The Kier molecular flexibility index (Phi) is 4.96. The van der Waals surface area contributed by atoms with Gasteiger partial charge in [0.1, 0.15) is 18.2 Å². The molecule has 100 valence electrons. The number of hydrogen-bond acceptors (Lipinski definition) is 2. The Balaban J connectivity index is 2.22. The van der Waals surface area contributed by atoms with Crippen LogP contribution in [0.2, 0.25) is 0 Å². The van der Waals surface area contributed by atoms with E-state index in [9.17, 15) is 9.50 Å². The Morgan fingerprint density at radius 2 is 1.84 bits per heavy atom. The third-order valence-electron chi connectivity index (χ3n) is 2.59. The van der Waals surface area contributed by atoms with Gasteiger partial charge in [0, 0.05) is 15.6 Å². The molecule has 0 radical (unpaired) electrons. The summed E-state index contributed by atoms with van der Waals surface area (Å²) in [7, 11) is 0. The van der Waals surface area contributed by atoms with Gasteiger partial charge in [0.15, 0.2) is 0 Å². The van der Waals surface area contributed by atoms with Gasteiger partial charge in [-0.2, -0.15) is 0 Å². The summed E-state index contributed by atoms with van der Waals surface area (Å²) in [5, 5.41) is 9.32.